The third-order valence-electron chi connectivity index (χ3n) is 3.05. The average molecular weight is 293 g/mol. The standard InChI is InChI=1S/C16H27N3O2/c1-5-17-16(18-9-6-10-20-3)19-12-14-8-7-13(2)15(11-14)21-4/h7-8,11H,5-6,9-10,12H2,1-4H3,(H2,17,18,19). The number of rotatable bonds is 8. The number of aliphatic imine (C=N–C) groups is 1. The van der Waals surface area contributed by atoms with Gasteiger partial charge in [-0.15, -0.1) is 0 Å². The highest BCUT2D eigenvalue weighted by atomic mass is 16.5. The van der Waals surface area contributed by atoms with Gasteiger partial charge in [0.15, 0.2) is 5.96 Å². The van der Waals surface area contributed by atoms with Gasteiger partial charge in [-0.1, -0.05) is 12.1 Å². The van der Waals surface area contributed by atoms with Crippen LogP contribution in [0.25, 0.3) is 0 Å². The average Bonchev–Trinajstić information content (AvgIpc) is 2.50. The number of hydrogen-bond donors (Lipinski definition) is 2. The molecule has 2 N–H and O–H groups in total. The summed E-state index contributed by atoms with van der Waals surface area (Å²) in [6.45, 7) is 7.15. The van der Waals surface area contributed by atoms with E-state index in [0.717, 1.165) is 49.0 Å². The topological polar surface area (TPSA) is 54.9 Å². The van der Waals surface area contributed by atoms with E-state index in [1.165, 1.54) is 0 Å². The van der Waals surface area contributed by atoms with Crippen LogP contribution in [0.15, 0.2) is 23.2 Å². The second-order valence-electron chi connectivity index (χ2n) is 4.77. The normalized spacial score (nSPS) is 11.3. The van der Waals surface area contributed by atoms with Gasteiger partial charge >= 0.3 is 0 Å². The van der Waals surface area contributed by atoms with Crippen LogP contribution >= 0.6 is 0 Å². The summed E-state index contributed by atoms with van der Waals surface area (Å²) >= 11 is 0. The molecule has 0 heterocycles. The van der Waals surface area contributed by atoms with Gasteiger partial charge in [0.25, 0.3) is 0 Å². The Labute approximate surface area is 127 Å². The minimum absolute atomic E-state index is 0.621. The number of methoxy groups -OCH3 is 2. The number of benzene rings is 1. The second kappa shape index (κ2) is 10.0. The summed E-state index contributed by atoms with van der Waals surface area (Å²) in [6, 6.07) is 6.17. The highest BCUT2D eigenvalue weighted by molar-refractivity contribution is 5.79. The van der Waals surface area contributed by atoms with Crippen molar-refractivity contribution in [2.45, 2.75) is 26.8 Å². The number of nitrogens with zero attached hydrogens (tertiary/aromatic N) is 1. The quantitative estimate of drug-likeness (QED) is 0.438. The van der Waals surface area contributed by atoms with Crippen molar-refractivity contribution in [3.05, 3.63) is 29.3 Å². The van der Waals surface area contributed by atoms with Gasteiger partial charge in [-0.25, -0.2) is 4.99 Å². The van der Waals surface area contributed by atoms with Crippen LogP contribution < -0.4 is 15.4 Å². The number of hydrogen-bond acceptors (Lipinski definition) is 3. The Kier molecular flexibility index (Phi) is 8.28. The van der Waals surface area contributed by atoms with Crippen LogP contribution in [0.4, 0.5) is 0 Å². The van der Waals surface area contributed by atoms with Crippen molar-refractivity contribution in [3.63, 3.8) is 0 Å². The van der Waals surface area contributed by atoms with E-state index >= 15 is 0 Å². The number of nitrogens with one attached hydrogen (secondary N) is 2. The maximum Gasteiger partial charge on any atom is 0.191 e. The van der Waals surface area contributed by atoms with E-state index in [4.69, 9.17) is 9.47 Å². The number of guanidine groups is 1. The zero-order valence-corrected chi connectivity index (χ0v) is 13.5. The fourth-order valence-corrected chi connectivity index (χ4v) is 1.90. The van der Waals surface area contributed by atoms with Gasteiger partial charge in [0.1, 0.15) is 5.75 Å². The van der Waals surface area contributed by atoms with Crippen LogP contribution in [-0.4, -0.2) is 39.9 Å². The SMILES string of the molecule is CCNC(=NCc1ccc(C)c(OC)c1)NCCCOC. The third-order valence-corrected chi connectivity index (χ3v) is 3.05. The van der Waals surface area contributed by atoms with E-state index in [2.05, 4.69) is 34.7 Å². The molecular formula is C16H27N3O2. The van der Waals surface area contributed by atoms with Crippen molar-refractivity contribution in [1.82, 2.24) is 10.6 Å². The minimum atomic E-state index is 0.621. The molecule has 0 aliphatic rings. The lowest BCUT2D eigenvalue weighted by Gasteiger charge is -2.11. The van der Waals surface area contributed by atoms with Gasteiger partial charge in [-0.2, -0.15) is 0 Å². The van der Waals surface area contributed by atoms with Crippen LogP contribution in [0, 0.1) is 6.92 Å². The van der Waals surface area contributed by atoms with E-state index in [9.17, 15) is 0 Å². The molecule has 118 valence electrons. The molecule has 21 heavy (non-hydrogen) atoms. The molecule has 0 radical (unpaired) electrons. The first-order valence-electron chi connectivity index (χ1n) is 7.35. The Morgan fingerprint density at radius 3 is 2.71 bits per heavy atom. The van der Waals surface area contributed by atoms with Crippen molar-refractivity contribution in [2.24, 2.45) is 4.99 Å². The molecule has 0 spiro atoms. The largest absolute Gasteiger partial charge is 0.496 e. The Balaban J connectivity index is 2.60. The lowest BCUT2D eigenvalue weighted by molar-refractivity contribution is 0.195. The zero-order chi connectivity index (χ0) is 15.5. The van der Waals surface area contributed by atoms with Crippen LogP contribution in [0.5, 0.6) is 5.75 Å². The summed E-state index contributed by atoms with van der Waals surface area (Å²) in [4.78, 5) is 4.58. The molecule has 1 rings (SSSR count). The summed E-state index contributed by atoms with van der Waals surface area (Å²) in [5, 5.41) is 6.53. The fourth-order valence-electron chi connectivity index (χ4n) is 1.90. The minimum Gasteiger partial charge on any atom is -0.496 e. The van der Waals surface area contributed by atoms with E-state index < -0.39 is 0 Å². The molecule has 0 saturated carbocycles. The molecular weight excluding hydrogens is 266 g/mol. The van der Waals surface area contributed by atoms with Crippen molar-refractivity contribution in [3.8, 4) is 5.75 Å². The monoisotopic (exact) mass is 293 g/mol. The molecule has 0 aliphatic carbocycles. The van der Waals surface area contributed by atoms with Crippen LogP contribution in [-0.2, 0) is 11.3 Å². The van der Waals surface area contributed by atoms with Crippen LogP contribution in [0.1, 0.15) is 24.5 Å². The predicted molar refractivity (Wildman–Crippen MR) is 87.0 cm³/mol. The van der Waals surface area contributed by atoms with Gasteiger partial charge in [-0.3, -0.25) is 0 Å². The maximum absolute atomic E-state index is 5.34. The summed E-state index contributed by atoms with van der Waals surface area (Å²) in [5.74, 6) is 1.73. The van der Waals surface area contributed by atoms with Gasteiger partial charge in [0.05, 0.1) is 13.7 Å². The Hall–Kier alpha value is -1.75. The Bertz CT molecular complexity index is 447. The van der Waals surface area contributed by atoms with Crippen LogP contribution in [0.2, 0.25) is 0 Å². The van der Waals surface area contributed by atoms with Gasteiger partial charge in [0, 0.05) is 26.8 Å². The molecule has 0 aromatic heterocycles. The van der Waals surface area contributed by atoms with Gasteiger partial charge in [0.2, 0.25) is 0 Å². The number of aryl methyl sites for hydroxylation is 1. The molecule has 0 amide bonds. The summed E-state index contributed by atoms with van der Waals surface area (Å²) in [6.07, 6.45) is 0.958. The molecule has 5 heteroatoms. The van der Waals surface area contributed by atoms with E-state index in [-0.39, 0.29) is 0 Å². The fraction of sp³-hybridized carbons (Fsp3) is 0.562. The predicted octanol–water partition coefficient (Wildman–Crippen LogP) is 2.10. The van der Waals surface area contributed by atoms with Crippen LogP contribution in [0.3, 0.4) is 0 Å². The first kappa shape index (κ1) is 17.3. The lowest BCUT2D eigenvalue weighted by Crippen LogP contribution is -2.38. The molecule has 0 aliphatic heterocycles. The second-order valence-corrected chi connectivity index (χ2v) is 4.77. The first-order valence-corrected chi connectivity index (χ1v) is 7.35. The van der Waals surface area contributed by atoms with Gasteiger partial charge in [-0.05, 0) is 37.5 Å². The van der Waals surface area contributed by atoms with E-state index in [1.807, 2.05) is 13.0 Å². The molecule has 0 saturated heterocycles. The third kappa shape index (κ3) is 6.49. The molecule has 1 aromatic carbocycles. The van der Waals surface area contributed by atoms with E-state index in [1.54, 1.807) is 14.2 Å². The van der Waals surface area contributed by atoms with Gasteiger partial charge < -0.3 is 20.1 Å². The number of ether oxygens (including phenoxy) is 2. The smallest absolute Gasteiger partial charge is 0.191 e. The molecule has 0 bridgehead atoms. The Morgan fingerprint density at radius 2 is 2.05 bits per heavy atom. The van der Waals surface area contributed by atoms with Crippen molar-refractivity contribution in [2.75, 3.05) is 33.9 Å². The van der Waals surface area contributed by atoms with Crippen molar-refractivity contribution < 1.29 is 9.47 Å². The zero-order valence-electron chi connectivity index (χ0n) is 13.5. The maximum atomic E-state index is 5.34. The molecule has 0 fully saturated rings. The van der Waals surface area contributed by atoms with Crippen molar-refractivity contribution in [1.29, 1.82) is 0 Å². The molecule has 1 aromatic rings. The molecule has 0 unspecified atom stereocenters. The summed E-state index contributed by atoms with van der Waals surface area (Å²) in [7, 11) is 3.40. The lowest BCUT2D eigenvalue weighted by atomic mass is 10.1. The highest BCUT2D eigenvalue weighted by Crippen LogP contribution is 2.19. The summed E-state index contributed by atoms with van der Waals surface area (Å²) in [5.41, 5.74) is 2.27. The molecule has 0 atom stereocenters. The first-order chi connectivity index (χ1) is 10.2. The van der Waals surface area contributed by atoms with Crippen molar-refractivity contribution >= 4 is 5.96 Å². The van der Waals surface area contributed by atoms with E-state index in [0.29, 0.717) is 6.54 Å². The Morgan fingerprint density at radius 1 is 1.24 bits per heavy atom. The summed E-state index contributed by atoms with van der Waals surface area (Å²) < 4.78 is 10.4. The molecule has 5 nitrogen and oxygen atoms in total. The highest BCUT2D eigenvalue weighted by Gasteiger charge is 2.01.